The quantitative estimate of drug-likeness (QED) is 0.716. The van der Waals surface area contributed by atoms with Crippen LogP contribution in [-0.2, 0) is 11.3 Å². The average molecular weight is 292 g/mol. The molecular weight excluding hydrogens is 276 g/mol. The summed E-state index contributed by atoms with van der Waals surface area (Å²) in [5.74, 6) is -0.851. The van der Waals surface area contributed by atoms with Crippen molar-refractivity contribution in [2.24, 2.45) is 0 Å². The lowest BCUT2D eigenvalue weighted by molar-refractivity contribution is -0.137. The molecule has 3 N–H and O–H groups in total. The number of urea groups is 1. The summed E-state index contributed by atoms with van der Waals surface area (Å²) in [5.41, 5.74) is 1.04. The fourth-order valence-corrected chi connectivity index (χ4v) is 2.58. The van der Waals surface area contributed by atoms with E-state index in [9.17, 15) is 9.59 Å². The molecule has 1 aromatic heterocycles. The fourth-order valence-electron chi connectivity index (χ4n) is 1.81. The van der Waals surface area contributed by atoms with Crippen LogP contribution < -0.4 is 10.6 Å². The molecule has 0 fully saturated rings. The Morgan fingerprint density at radius 2 is 2.05 bits per heavy atom. The number of thiophene rings is 1. The van der Waals surface area contributed by atoms with Gasteiger partial charge in [-0.25, -0.2) is 4.79 Å². The summed E-state index contributed by atoms with van der Waals surface area (Å²) in [6.07, 6.45) is 0.499. The molecule has 0 saturated heterocycles. The maximum atomic E-state index is 11.5. The van der Waals surface area contributed by atoms with Crippen molar-refractivity contribution >= 4 is 33.4 Å². The van der Waals surface area contributed by atoms with Crippen molar-refractivity contribution in [1.29, 1.82) is 0 Å². The van der Waals surface area contributed by atoms with E-state index >= 15 is 0 Å². The lowest BCUT2D eigenvalue weighted by atomic mass is 10.2. The second-order valence-corrected chi connectivity index (χ2v) is 5.35. The Bertz CT molecular complexity index is 609. The zero-order valence-electron chi connectivity index (χ0n) is 10.9. The predicted molar refractivity (Wildman–Crippen MR) is 78.9 cm³/mol. The van der Waals surface area contributed by atoms with Gasteiger partial charge >= 0.3 is 12.0 Å². The van der Waals surface area contributed by atoms with Gasteiger partial charge in [0.1, 0.15) is 0 Å². The van der Waals surface area contributed by atoms with Crippen molar-refractivity contribution in [1.82, 2.24) is 10.6 Å². The van der Waals surface area contributed by atoms with E-state index in [1.807, 2.05) is 17.5 Å². The highest BCUT2D eigenvalue weighted by molar-refractivity contribution is 7.17. The van der Waals surface area contributed by atoms with Gasteiger partial charge in [-0.1, -0.05) is 6.07 Å². The van der Waals surface area contributed by atoms with Crippen molar-refractivity contribution in [2.45, 2.75) is 19.4 Å². The van der Waals surface area contributed by atoms with Crippen LogP contribution in [0.5, 0.6) is 0 Å². The monoisotopic (exact) mass is 292 g/mol. The average Bonchev–Trinajstić information content (AvgIpc) is 2.88. The van der Waals surface area contributed by atoms with Crippen LogP contribution in [0.2, 0.25) is 0 Å². The van der Waals surface area contributed by atoms with E-state index < -0.39 is 5.97 Å². The number of carboxylic acid groups (broad SMARTS) is 1. The standard InChI is InChI=1S/C14H16N2O3S/c17-13(18)2-1-6-15-14(19)16-9-10-3-4-12-11(8-10)5-7-20-12/h3-5,7-8H,1-2,6,9H2,(H,17,18)(H2,15,16,19). The highest BCUT2D eigenvalue weighted by atomic mass is 32.1. The number of carboxylic acids is 1. The Morgan fingerprint density at radius 3 is 2.85 bits per heavy atom. The second kappa shape index (κ2) is 6.91. The third-order valence-electron chi connectivity index (χ3n) is 2.82. The molecule has 2 rings (SSSR count). The lowest BCUT2D eigenvalue weighted by Crippen LogP contribution is -2.35. The highest BCUT2D eigenvalue weighted by Gasteiger charge is 2.02. The molecule has 0 aliphatic carbocycles. The minimum absolute atomic E-state index is 0.0646. The van der Waals surface area contributed by atoms with E-state index in [2.05, 4.69) is 22.8 Å². The zero-order valence-corrected chi connectivity index (χ0v) is 11.7. The molecule has 1 aromatic carbocycles. The minimum atomic E-state index is -0.851. The Morgan fingerprint density at radius 1 is 1.20 bits per heavy atom. The summed E-state index contributed by atoms with van der Waals surface area (Å²) >= 11 is 1.69. The molecule has 0 aliphatic rings. The third-order valence-corrected chi connectivity index (χ3v) is 3.72. The molecule has 1 heterocycles. The zero-order chi connectivity index (χ0) is 14.4. The topological polar surface area (TPSA) is 78.4 Å². The first kappa shape index (κ1) is 14.3. The molecule has 2 amide bonds. The summed E-state index contributed by atoms with van der Waals surface area (Å²) < 4.78 is 1.23. The van der Waals surface area contributed by atoms with Crippen molar-refractivity contribution in [2.75, 3.05) is 6.54 Å². The maximum Gasteiger partial charge on any atom is 0.315 e. The number of hydrogen-bond acceptors (Lipinski definition) is 3. The number of rotatable bonds is 6. The van der Waals surface area contributed by atoms with E-state index in [1.165, 1.54) is 10.1 Å². The molecule has 0 unspecified atom stereocenters. The molecule has 5 nitrogen and oxygen atoms in total. The van der Waals surface area contributed by atoms with Crippen molar-refractivity contribution in [3.05, 3.63) is 35.2 Å². The van der Waals surface area contributed by atoms with Gasteiger partial charge in [-0.05, 0) is 40.9 Å². The second-order valence-electron chi connectivity index (χ2n) is 4.40. The number of fused-ring (bicyclic) bond motifs is 1. The number of benzene rings is 1. The van der Waals surface area contributed by atoms with E-state index in [1.54, 1.807) is 11.3 Å². The largest absolute Gasteiger partial charge is 0.481 e. The van der Waals surface area contributed by atoms with Crippen LogP contribution in [0.1, 0.15) is 18.4 Å². The highest BCUT2D eigenvalue weighted by Crippen LogP contribution is 2.21. The van der Waals surface area contributed by atoms with Gasteiger partial charge in [-0.2, -0.15) is 0 Å². The number of carbonyl (C=O) groups excluding carboxylic acids is 1. The first-order valence-corrected chi connectivity index (χ1v) is 7.23. The molecule has 0 aliphatic heterocycles. The van der Waals surface area contributed by atoms with Gasteiger partial charge in [-0.3, -0.25) is 4.79 Å². The smallest absolute Gasteiger partial charge is 0.315 e. The van der Waals surface area contributed by atoms with Crippen LogP contribution in [0, 0.1) is 0 Å². The van der Waals surface area contributed by atoms with E-state index in [-0.39, 0.29) is 12.5 Å². The Hall–Kier alpha value is -2.08. The van der Waals surface area contributed by atoms with Crippen molar-refractivity contribution < 1.29 is 14.7 Å². The van der Waals surface area contributed by atoms with Crippen LogP contribution in [0.3, 0.4) is 0 Å². The number of hydrogen-bond donors (Lipinski definition) is 3. The van der Waals surface area contributed by atoms with Crippen LogP contribution in [0.15, 0.2) is 29.6 Å². The molecule has 0 bridgehead atoms. The van der Waals surface area contributed by atoms with Gasteiger partial charge in [0, 0.05) is 24.2 Å². The molecule has 0 atom stereocenters. The van der Waals surface area contributed by atoms with E-state index in [4.69, 9.17) is 5.11 Å². The first-order valence-electron chi connectivity index (χ1n) is 6.35. The molecule has 20 heavy (non-hydrogen) atoms. The Balaban J connectivity index is 1.73. The third kappa shape index (κ3) is 4.24. The number of nitrogens with one attached hydrogen (secondary N) is 2. The van der Waals surface area contributed by atoms with E-state index in [0.29, 0.717) is 19.5 Å². The maximum absolute atomic E-state index is 11.5. The van der Waals surface area contributed by atoms with Gasteiger partial charge in [0.05, 0.1) is 0 Å². The molecular formula is C14H16N2O3S. The van der Waals surface area contributed by atoms with Crippen molar-refractivity contribution in [3.8, 4) is 0 Å². The van der Waals surface area contributed by atoms with Gasteiger partial charge in [0.25, 0.3) is 0 Å². The summed E-state index contributed by atoms with van der Waals surface area (Å²) in [5, 5.41) is 17.1. The molecule has 0 saturated carbocycles. The van der Waals surface area contributed by atoms with Crippen LogP contribution in [0.4, 0.5) is 4.79 Å². The Labute approximate surface area is 120 Å². The van der Waals surface area contributed by atoms with E-state index in [0.717, 1.165) is 5.56 Å². The normalized spacial score (nSPS) is 10.4. The van der Waals surface area contributed by atoms with Gasteiger partial charge in [0.15, 0.2) is 0 Å². The summed E-state index contributed by atoms with van der Waals surface area (Å²) in [4.78, 5) is 21.8. The molecule has 0 radical (unpaired) electrons. The van der Waals surface area contributed by atoms with Crippen molar-refractivity contribution in [3.63, 3.8) is 0 Å². The predicted octanol–water partition coefficient (Wildman–Crippen LogP) is 2.57. The lowest BCUT2D eigenvalue weighted by Gasteiger charge is -2.07. The number of carbonyl (C=O) groups is 2. The van der Waals surface area contributed by atoms with Gasteiger partial charge in [-0.15, -0.1) is 11.3 Å². The van der Waals surface area contributed by atoms with Gasteiger partial charge in [0.2, 0.25) is 0 Å². The fraction of sp³-hybridized carbons (Fsp3) is 0.286. The van der Waals surface area contributed by atoms with Crippen LogP contribution in [0.25, 0.3) is 10.1 Å². The molecule has 6 heteroatoms. The molecule has 106 valence electrons. The number of aliphatic carboxylic acids is 1. The molecule has 0 spiro atoms. The SMILES string of the molecule is O=C(O)CCCNC(=O)NCc1ccc2sccc2c1. The van der Waals surface area contributed by atoms with Crippen LogP contribution >= 0.6 is 11.3 Å². The van der Waals surface area contributed by atoms with Gasteiger partial charge < -0.3 is 15.7 Å². The summed E-state index contributed by atoms with van der Waals surface area (Å²) in [7, 11) is 0. The summed E-state index contributed by atoms with van der Waals surface area (Å²) in [6.45, 7) is 0.818. The molecule has 2 aromatic rings. The first-order chi connectivity index (χ1) is 9.65. The Kier molecular flexibility index (Phi) is 4.95. The van der Waals surface area contributed by atoms with Crippen LogP contribution in [-0.4, -0.2) is 23.7 Å². The number of amides is 2. The minimum Gasteiger partial charge on any atom is -0.481 e. The summed E-state index contributed by atoms with van der Waals surface area (Å²) in [6, 6.07) is 7.86.